The first-order chi connectivity index (χ1) is 8.10. The summed E-state index contributed by atoms with van der Waals surface area (Å²) in [5.41, 5.74) is 4.24. The van der Waals surface area contributed by atoms with Gasteiger partial charge in [-0.15, -0.1) is 0 Å². The number of rotatable bonds is 3. The Kier molecular flexibility index (Phi) is 2.92. The highest BCUT2D eigenvalue weighted by Gasteiger charge is 2.08. The van der Waals surface area contributed by atoms with Gasteiger partial charge < -0.3 is 10.3 Å². The highest BCUT2D eigenvalue weighted by atomic mass is 15.3. The number of hydrazine groups is 1. The Morgan fingerprint density at radius 1 is 1.35 bits per heavy atom. The third-order valence-electron chi connectivity index (χ3n) is 2.26. The second-order valence-electron chi connectivity index (χ2n) is 3.88. The van der Waals surface area contributed by atoms with E-state index in [0.29, 0.717) is 11.8 Å². The van der Waals surface area contributed by atoms with Crippen LogP contribution in [0.3, 0.4) is 0 Å². The third-order valence-corrected chi connectivity index (χ3v) is 2.26. The maximum Gasteiger partial charge on any atom is 0.227 e. The average Bonchev–Trinajstić information content (AvgIpc) is 2.75. The molecular formula is C10H15N7. The van der Waals surface area contributed by atoms with Crippen molar-refractivity contribution in [1.82, 2.24) is 19.7 Å². The SMILES string of the molecule is CN(C)c1nc(NN)cc(-c2cnn(C)c2)n1. The van der Waals surface area contributed by atoms with Crippen molar-refractivity contribution in [1.29, 1.82) is 0 Å². The molecule has 90 valence electrons. The summed E-state index contributed by atoms with van der Waals surface area (Å²) in [6.45, 7) is 0. The molecule has 2 aromatic rings. The molecule has 0 spiro atoms. The quantitative estimate of drug-likeness (QED) is 0.583. The minimum atomic E-state index is 0.572. The molecule has 0 saturated heterocycles. The summed E-state index contributed by atoms with van der Waals surface area (Å²) in [6.07, 6.45) is 3.64. The molecule has 0 aliphatic heterocycles. The second kappa shape index (κ2) is 4.38. The molecule has 0 bridgehead atoms. The molecule has 0 saturated carbocycles. The zero-order chi connectivity index (χ0) is 12.4. The molecule has 7 heteroatoms. The number of nitrogen functional groups attached to an aromatic ring is 1. The van der Waals surface area contributed by atoms with Gasteiger partial charge in [-0.05, 0) is 0 Å². The highest BCUT2D eigenvalue weighted by molar-refractivity contribution is 5.63. The zero-order valence-electron chi connectivity index (χ0n) is 10.0. The van der Waals surface area contributed by atoms with Crippen LogP contribution < -0.4 is 16.2 Å². The molecule has 0 unspecified atom stereocenters. The van der Waals surface area contributed by atoms with Crippen LogP contribution in [0.15, 0.2) is 18.5 Å². The largest absolute Gasteiger partial charge is 0.347 e. The van der Waals surface area contributed by atoms with E-state index in [1.165, 1.54) is 0 Å². The lowest BCUT2D eigenvalue weighted by Crippen LogP contribution is -2.16. The van der Waals surface area contributed by atoms with Crippen LogP contribution in [0.25, 0.3) is 11.3 Å². The van der Waals surface area contributed by atoms with Crippen LogP contribution in [-0.2, 0) is 7.05 Å². The normalized spacial score (nSPS) is 10.4. The number of anilines is 2. The van der Waals surface area contributed by atoms with Gasteiger partial charge in [0.25, 0.3) is 0 Å². The van der Waals surface area contributed by atoms with E-state index in [-0.39, 0.29) is 0 Å². The predicted octanol–water partition coefficient (Wildman–Crippen LogP) is 0.229. The Balaban J connectivity index is 2.49. The summed E-state index contributed by atoms with van der Waals surface area (Å²) in [7, 11) is 5.62. The van der Waals surface area contributed by atoms with Gasteiger partial charge in [0.05, 0.1) is 11.9 Å². The van der Waals surface area contributed by atoms with E-state index in [0.717, 1.165) is 11.3 Å². The Labute approximate surface area is 99.2 Å². The standard InChI is InChI=1S/C10H15N7/c1-16(2)10-13-8(4-9(14-10)15-11)7-5-12-17(3)6-7/h4-6H,11H2,1-3H3,(H,13,14,15). The summed E-state index contributed by atoms with van der Waals surface area (Å²) >= 11 is 0. The van der Waals surface area contributed by atoms with Gasteiger partial charge in [-0.3, -0.25) is 4.68 Å². The van der Waals surface area contributed by atoms with Gasteiger partial charge in [-0.25, -0.2) is 10.8 Å². The predicted molar refractivity (Wildman–Crippen MR) is 66.4 cm³/mol. The van der Waals surface area contributed by atoms with Crippen LogP contribution in [0, 0.1) is 0 Å². The molecule has 0 atom stereocenters. The van der Waals surface area contributed by atoms with Crippen molar-refractivity contribution in [3.05, 3.63) is 18.5 Å². The Hall–Kier alpha value is -2.15. The highest BCUT2D eigenvalue weighted by Crippen LogP contribution is 2.21. The van der Waals surface area contributed by atoms with Gasteiger partial charge in [0.1, 0.15) is 5.82 Å². The van der Waals surface area contributed by atoms with Crippen molar-refractivity contribution in [3.63, 3.8) is 0 Å². The molecule has 0 aliphatic carbocycles. The monoisotopic (exact) mass is 233 g/mol. The van der Waals surface area contributed by atoms with E-state index in [2.05, 4.69) is 20.5 Å². The summed E-state index contributed by atoms with van der Waals surface area (Å²) in [5, 5.41) is 4.11. The number of aromatic nitrogens is 4. The van der Waals surface area contributed by atoms with Crippen molar-refractivity contribution in [3.8, 4) is 11.3 Å². The Bertz CT molecular complexity index is 517. The number of nitrogens with one attached hydrogen (secondary N) is 1. The van der Waals surface area contributed by atoms with Gasteiger partial charge >= 0.3 is 0 Å². The van der Waals surface area contributed by atoms with E-state index in [1.54, 1.807) is 16.9 Å². The van der Waals surface area contributed by atoms with Crippen molar-refractivity contribution in [2.45, 2.75) is 0 Å². The third kappa shape index (κ3) is 2.34. The van der Waals surface area contributed by atoms with Gasteiger partial charge in [0, 0.05) is 39.0 Å². The topological polar surface area (TPSA) is 84.9 Å². The molecule has 2 aromatic heterocycles. The minimum absolute atomic E-state index is 0.572. The lowest BCUT2D eigenvalue weighted by molar-refractivity contribution is 0.768. The molecule has 7 nitrogen and oxygen atoms in total. The molecule has 0 radical (unpaired) electrons. The molecule has 17 heavy (non-hydrogen) atoms. The number of aryl methyl sites for hydroxylation is 1. The van der Waals surface area contributed by atoms with Crippen LogP contribution in [-0.4, -0.2) is 33.8 Å². The van der Waals surface area contributed by atoms with Crippen LogP contribution in [0.1, 0.15) is 0 Å². The number of hydrogen-bond donors (Lipinski definition) is 2. The van der Waals surface area contributed by atoms with Crippen LogP contribution >= 0.6 is 0 Å². The second-order valence-corrected chi connectivity index (χ2v) is 3.88. The van der Waals surface area contributed by atoms with Gasteiger partial charge in [-0.1, -0.05) is 0 Å². The average molecular weight is 233 g/mol. The van der Waals surface area contributed by atoms with E-state index in [1.807, 2.05) is 32.2 Å². The molecule has 2 rings (SSSR count). The first-order valence-corrected chi connectivity index (χ1v) is 5.12. The molecule has 0 aliphatic rings. The smallest absolute Gasteiger partial charge is 0.227 e. The minimum Gasteiger partial charge on any atom is -0.347 e. The number of nitrogens with two attached hydrogens (primary N) is 1. The van der Waals surface area contributed by atoms with Crippen LogP contribution in [0.2, 0.25) is 0 Å². The summed E-state index contributed by atoms with van der Waals surface area (Å²) in [5.74, 6) is 6.56. The first kappa shape index (κ1) is 11.3. The first-order valence-electron chi connectivity index (χ1n) is 5.12. The molecule has 0 aromatic carbocycles. The van der Waals surface area contributed by atoms with E-state index in [4.69, 9.17) is 5.84 Å². The molecule has 0 fully saturated rings. The van der Waals surface area contributed by atoms with Crippen molar-refractivity contribution < 1.29 is 0 Å². The fourth-order valence-electron chi connectivity index (χ4n) is 1.41. The maximum absolute atomic E-state index is 5.39. The number of nitrogens with zero attached hydrogens (tertiary/aromatic N) is 5. The van der Waals surface area contributed by atoms with E-state index >= 15 is 0 Å². The Morgan fingerprint density at radius 2 is 2.12 bits per heavy atom. The van der Waals surface area contributed by atoms with Crippen molar-refractivity contribution >= 4 is 11.8 Å². The summed E-state index contributed by atoms with van der Waals surface area (Å²) < 4.78 is 1.72. The zero-order valence-corrected chi connectivity index (χ0v) is 10.0. The maximum atomic E-state index is 5.39. The molecule has 0 amide bonds. The lowest BCUT2D eigenvalue weighted by Gasteiger charge is -2.12. The number of hydrogen-bond acceptors (Lipinski definition) is 6. The molecular weight excluding hydrogens is 218 g/mol. The molecule has 3 N–H and O–H groups in total. The van der Waals surface area contributed by atoms with Gasteiger partial charge in [0.15, 0.2) is 0 Å². The lowest BCUT2D eigenvalue weighted by atomic mass is 10.2. The van der Waals surface area contributed by atoms with Crippen LogP contribution in [0.5, 0.6) is 0 Å². The summed E-state index contributed by atoms with van der Waals surface area (Å²) in [6, 6.07) is 1.78. The fourth-order valence-corrected chi connectivity index (χ4v) is 1.41. The summed E-state index contributed by atoms with van der Waals surface area (Å²) in [4.78, 5) is 10.5. The van der Waals surface area contributed by atoms with Gasteiger partial charge in [-0.2, -0.15) is 10.1 Å². The van der Waals surface area contributed by atoms with E-state index in [9.17, 15) is 0 Å². The Morgan fingerprint density at radius 3 is 2.65 bits per heavy atom. The van der Waals surface area contributed by atoms with Gasteiger partial charge in [0.2, 0.25) is 5.95 Å². The molecule has 2 heterocycles. The fraction of sp³-hybridized carbons (Fsp3) is 0.300. The van der Waals surface area contributed by atoms with Crippen molar-refractivity contribution in [2.24, 2.45) is 12.9 Å². The van der Waals surface area contributed by atoms with Crippen LogP contribution in [0.4, 0.5) is 11.8 Å². The van der Waals surface area contributed by atoms with E-state index < -0.39 is 0 Å². The van der Waals surface area contributed by atoms with Crippen molar-refractivity contribution in [2.75, 3.05) is 24.4 Å².